The molecule has 0 aromatic heterocycles. The van der Waals surface area contributed by atoms with Gasteiger partial charge in [0.05, 0.1) is 4.90 Å². The van der Waals surface area contributed by atoms with E-state index in [-0.39, 0.29) is 6.04 Å². The number of hydrogen-bond donors (Lipinski definition) is 2. The van der Waals surface area contributed by atoms with Gasteiger partial charge in [-0.2, -0.15) is 0 Å². The molecule has 3 N–H and O–H groups in total. The highest BCUT2D eigenvalue weighted by atomic mass is 32.2. The van der Waals surface area contributed by atoms with Gasteiger partial charge in [-0.1, -0.05) is 18.2 Å². The quantitative estimate of drug-likeness (QED) is 0.767. The van der Waals surface area contributed by atoms with Gasteiger partial charge in [-0.3, -0.25) is 0 Å². The number of urea groups is 1. The number of nitrogens with two attached hydrogens (primary N) is 1. The van der Waals surface area contributed by atoms with Crippen LogP contribution in [0.1, 0.15) is 53.6 Å². The van der Waals surface area contributed by atoms with Crippen molar-refractivity contribution in [3.05, 3.63) is 58.1 Å². The highest BCUT2D eigenvalue weighted by molar-refractivity contribution is 7.91. The summed E-state index contributed by atoms with van der Waals surface area (Å²) in [5.41, 5.74) is 7.04. The smallest absolute Gasteiger partial charge is 0.305 e. The van der Waals surface area contributed by atoms with Crippen LogP contribution < -0.4 is 10.5 Å². The van der Waals surface area contributed by atoms with Crippen LogP contribution >= 0.6 is 0 Å². The van der Waals surface area contributed by atoms with Crippen molar-refractivity contribution < 1.29 is 9.00 Å². The molecular weight excluding hydrogens is 396 g/mol. The van der Waals surface area contributed by atoms with Crippen molar-refractivity contribution in [2.24, 2.45) is 9.50 Å². The number of rotatable bonds is 4. The maximum atomic E-state index is 13.0. The van der Waals surface area contributed by atoms with E-state index < -0.39 is 15.9 Å². The average molecular weight is 427 g/mol. The molecular formula is C23H30N4O2S. The molecule has 2 amide bonds. The van der Waals surface area contributed by atoms with Crippen LogP contribution in [0.4, 0.5) is 10.5 Å². The van der Waals surface area contributed by atoms with Crippen molar-refractivity contribution in [3.8, 4) is 0 Å². The van der Waals surface area contributed by atoms with Gasteiger partial charge in [0.25, 0.3) is 0 Å². The van der Waals surface area contributed by atoms with Crippen LogP contribution in [-0.2, 0) is 35.6 Å². The normalized spacial score (nSPS) is 17.9. The number of nitrogens with one attached hydrogen (secondary N) is 1. The molecule has 6 nitrogen and oxygen atoms in total. The van der Waals surface area contributed by atoms with Crippen molar-refractivity contribution in [2.75, 3.05) is 19.4 Å². The molecule has 0 saturated carbocycles. The number of aryl methyl sites for hydroxylation is 2. The summed E-state index contributed by atoms with van der Waals surface area (Å²) in [6.07, 6.45) is 6.22. The predicted molar refractivity (Wildman–Crippen MR) is 121 cm³/mol. The van der Waals surface area contributed by atoms with Gasteiger partial charge in [0, 0.05) is 11.7 Å². The van der Waals surface area contributed by atoms with Gasteiger partial charge in [-0.15, -0.1) is 4.36 Å². The van der Waals surface area contributed by atoms with E-state index in [4.69, 9.17) is 5.14 Å². The molecule has 160 valence electrons. The number of nitrogens with zero attached hydrogens (tertiary/aromatic N) is 2. The van der Waals surface area contributed by atoms with Gasteiger partial charge in [-0.05, 0) is 99.5 Å². The number of benzene rings is 2. The van der Waals surface area contributed by atoms with Crippen LogP contribution in [0.5, 0.6) is 0 Å². The van der Waals surface area contributed by atoms with Crippen molar-refractivity contribution in [3.63, 3.8) is 0 Å². The first kappa shape index (κ1) is 21.0. The molecule has 2 atom stereocenters. The molecule has 2 aromatic carbocycles. The zero-order valence-corrected chi connectivity index (χ0v) is 18.7. The first-order valence-corrected chi connectivity index (χ1v) is 12.1. The Morgan fingerprint density at radius 3 is 2.17 bits per heavy atom. The summed E-state index contributed by atoms with van der Waals surface area (Å²) < 4.78 is 16.9. The van der Waals surface area contributed by atoms with Crippen molar-refractivity contribution >= 4 is 21.6 Å². The zero-order valence-electron chi connectivity index (χ0n) is 17.9. The van der Waals surface area contributed by atoms with E-state index in [1.54, 1.807) is 12.1 Å². The Labute approximate surface area is 179 Å². The lowest BCUT2D eigenvalue weighted by atomic mass is 9.99. The van der Waals surface area contributed by atoms with Gasteiger partial charge in [0.15, 0.2) is 0 Å². The maximum absolute atomic E-state index is 13.0. The molecule has 0 saturated heterocycles. The number of anilines is 1. The fourth-order valence-corrected chi connectivity index (χ4v) is 5.44. The lowest BCUT2D eigenvalue weighted by molar-refractivity contribution is 0.260. The molecule has 30 heavy (non-hydrogen) atoms. The summed E-state index contributed by atoms with van der Waals surface area (Å²) in [4.78, 5) is 15.2. The maximum Gasteiger partial charge on any atom is 0.354 e. The van der Waals surface area contributed by atoms with Gasteiger partial charge < -0.3 is 10.2 Å². The van der Waals surface area contributed by atoms with E-state index in [0.29, 0.717) is 4.90 Å². The summed E-state index contributed by atoms with van der Waals surface area (Å²) in [5.74, 6) is 0. The SMILES string of the molecule is CC(c1ccc(S(N)(=O)=NC(=O)Nc2c3c(cc4c2CCC4)CCC3)cc1)N(C)C. The third-order valence-electron chi connectivity index (χ3n) is 6.40. The second-order valence-corrected chi connectivity index (χ2v) is 10.3. The Bertz CT molecular complexity index is 1070. The summed E-state index contributed by atoms with van der Waals surface area (Å²) in [6.45, 7) is 2.09. The third kappa shape index (κ3) is 4.02. The molecule has 2 aliphatic rings. The largest absolute Gasteiger partial charge is 0.354 e. The molecule has 0 spiro atoms. The lowest BCUT2D eigenvalue weighted by Crippen LogP contribution is -2.19. The van der Waals surface area contributed by atoms with E-state index in [1.807, 2.05) is 26.2 Å². The third-order valence-corrected chi connectivity index (χ3v) is 7.78. The molecule has 7 heteroatoms. The van der Waals surface area contributed by atoms with Crippen molar-refractivity contribution in [2.45, 2.75) is 56.4 Å². The average Bonchev–Trinajstić information content (AvgIpc) is 3.36. The summed E-state index contributed by atoms with van der Waals surface area (Å²) >= 11 is 0. The first-order chi connectivity index (χ1) is 14.3. The Morgan fingerprint density at radius 1 is 1.07 bits per heavy atom. The Hall–Kier alpha value is -2.22. The fraction of sp³-hybridized carbons (Fsp3) is 0.435. The van der Waals surface area contributed by atoms with E-state index in [2.05, 4.69) is 27.6 Å². The number of fused-ring (bicyclic) bond motifs is 2. The van der Waals surface area contributed by atoms with Gasteiger partial charge >= 0.3 is 6.03 Å². The molecule has 0 aliphatic heterocycles. The minimum absolute atomic E-state index is 0.218. The van der Waals surface area contributed by atoms with E-state index >= 15 is 0 Å². The van der Waals surface area contributed by atoms with Crippen molar-refractivity contribution in [1.29, 1.82) is 0 Å². The second-order valence-electron chi connectivity index (χ2n) is 8.53. The highest BCUT2D eigenvalue weighted by Gasteiger charge is 2.25. The first-order valence-electron chi connectivity index (χ1n) is 10.5. The standard InChI is InChI=1S/C23H30N4O2S/c1-15(27(2)3)16-10-12-19(13-11-16)30(24,29)26-23(28)25-22-20-8-4-6-17(20)14-18-7-5-9-21(18)22/h10-15H,4-9H2,1-3H3,(H3,24,25,26,28,29). The summed E-state index contributed by atoms with van der Waals surface area (Å²) in [7, 11) is 0.682. The van der Waals surface area contributed by atoms with Gasteiger partial charge in [0.2, 0.25) is 0 Å². The molecule has 0 fully saturated rings. The van der Waals surface area contributed by atoms with Crippen LogP contribution in [-0.4, -0.2) is 29.2 Å². The van der Waals surface area contributed by atoms with Crippen LogP contribution in [0.15, 0.2) is 39.6 Å². The number of carbonyl (C=O) groups is 1. The van der Waals surface area contributed by atoms with Crippen LogP contribution in [0, 0.1) is 0 Å². The Balaban J connectivity index is 1.60. The molecule has 2 unspecified atom stereocenters. The van der Waals surface area contributed by atoms with E-state index in [0.717, 1.165) is 49.8 Å². The molecule has 2 aliphatic carbocycles. The molecule has 0 heterocycles. The summed E-state index contributed by atoms with van der Waals surface area (Å²) in [6, 6.07) is 9.06. The summed E-state index contributed by atoms with van der Waals surface area (Å²) in [5, 5.41) is 8.94. The van der Waals surface area contributed by atoms with Gasteiger partial charge in [-0.25, -0.2) is 14.1 Å². The van der Waals surface area contributed by atoms with Crippen molar-refractivity contribution in [1.82, 2.24) is 4.90 Å². The minimum Gasteiger partial charge on any atom is -0.305 e. The predicted octanol–water partition coefficient (Wildman–Crippen LogP) is 4.22. The van der Waals surface area contributed by atoms with Gasteiger partial charge in [0.1, 0.15) is 9.92 Å². The number of hydrogen-bond acceptors (Lipinski definition) is 3. The molecule has 0 bridgehead atoms. The molecule has 2 aromatic rings. The van der Waals surface area contributed by atoms with E-state index in [9.17, 15) is 9.00 Å². The minimum atomic E-state index is -3.32. The zero-order chi connectivity index (χ0) is 21.5. The highest BCUT2D eigenvalue weighted by Crippen LogP contribution is 2.38. The topological polar surface area (TPSA) is 87.8 Å². The number of carbonyl (C=O) groups excluding carboxylic acids is 1. The second kappa shape index (κ2) is 8.13. The van der Waals surface area contributed by atoms with Crippen LogP contribution in [0.3, 0.4) is 0 Å². The van der Waals surface area contributed by atoms with Crippen LogP contribution in [0.2, 0.25) is 0 Å². The Morgan fingerprint density at radius 2 is 1.63 bits per heavy atom. The Kier molecular flexibility index (Phi) is 5.70. The fourth-order valence-electron chi connectivity index (χ4n) is 4.51. The van der Waals surface area contributed by atoms with E-state index in [1.165, 1.54) is 22.3 Å². The lowest BCUT2D eigenvalue weighted by Gasteiger charge is -2.20. The molecule has 0 radical (unpaired) electrons. The monoisotopic (exact) mass is 426 g/mol. The number of amides is 2. The molecule has 4 rings (SSSR count). The van der Waals surface area contributed by atoms with Crippen LogP contribution in [0.25, 0.3) is 0 Å².